The second kappa shape index (κ2) is 4.98. The number of nitro groups is 1. The fourth-order valence-electron chi connectivity index (χ4n) is 0.964. The van der Waals surface area contributed by atoms with Gasteiger partial charge in [0, 0.05) is 0 Å². The number of hydrogen-bond acceptors (Lipinski definition) is 4. The van der Waals surface area contributed by atoms with Gasteiger partial charge in [0.1, 0.15) is 10.4 Å². The van der Waals surface area contributed by atoms with Crippen molar-refractivity contribution in [2.24, 2.45) is 0 Å². The fraction of sp³-hybridized carbons (Fsp3) is 0.286. The maximum atomic E-state index is 12.5. The van der Waals surface area contributed by atoms with E-state index in [-0.39, 0.29) is 9.26 Å². The van der Waals surface area contributed by atoms with Crippen molar-refractivity contribution in [3.8, 4) is 5.88 Å². The van der Waals surface area contributed by atoms with Gasteiger partial charge in [-0.1, -0.05) is 0 Å². The maximum absolute atomic E-state index is 12.5. The summed E-state index contributed by atoms with van der Waals surface area (Å²) in [5.41, 5.74) is -1.18. The fourth-order valence-corrected chi connectivity index (χ4v) is 1.62. The summed E-state index contributed by atoms with van der Waals surface area (Å²) in [7, 11) is 0. The summed E-state index contributed by atoms with van der Waals surface area (Å²) in [5, 5.41) is 10.5. The van der Waals surface area contributed by atoms with Crippen molar-refractivity contribution in [3.63, 3.8) is 0 Å². The van der Waals surface area contributed by atoms with Crippen LogP contribution in [0, 0.1) is 13.8 Å². The molecule has 1 aromatic heterocycles. The van der Waals surface area contributed by atoms with E-state index in [0.29, 0.717) is 6.07 Å². The number of aromatic nitrogens is 1. The van der Waals surface area contributed by atoms with Crippen LogP contribution in [0.3, 0.4) is 0 Å². The van der Waals surface area contributed by atoms with Crippen LogP contribution in [-0.2, 0) is 6.67 Å². The zero-order valence-electron chi connectivity index (χ0n) is 7.79. The molecular formula is C7H3F4IN2O3. The predicted molar refractivity (Wildman–Crippen MR) is 55.1 cm³/mol. The minimum atomic E-state index is -5.01. The van der Waals surface area contributed by atoms with E-state index >= 15 is 0 Å². The number of pyridine rings is 1. The van der Waals surface area contributed by atoms with Gasteiger partial charge in [-0.05, 0) is 22.6 Å². The molecule has 94 valence electrons. The molecule has 0 aliphatic heterocycles. The van der Waals surface area contributed by atoms with Gasteiger partial charge in [0.15, 0.2) is 0 Å². The molecule has 0 aliphatic rings. The highest BCUT2D eigenvalue weighted by atomic mass is 127. The minimum Gasteiger partial charge on any atom is -0.388 e. The predicted octanol–water partition coefficient (Wildman–Crippen LogP) is 2.96. The topological polar surface area (TPSA) is 65.3 Å². The van der Waals surface area contributed by atoms with Crippen LogP contribution >= 0.6 is 22.6 Å². The Morgan fingerprint density at radius 2 is 2.12 bits per heavy atom. The summed E-state index contributed by atoms with van der Waals surface area (Å²) >= 11 is 1.39. The average Bonchev–Trinajstić information content (AvgIpc) is 2.13. The van der Waals surface area contributed by atoms with Crippen LogP contribution in [0.2, 0.25) is 0 Å². The molecule has 5 nitrogen and oxygen atoms in total. The van der Waals surface area contributed by atoms with E-state index in [4.69, 9.17) is 0 Å². The number of hydrogen-bond donors (Lipinski definition) is 0. The normalized spacial score (nSPS) is 11.4. The van der Waals surface area contributed by atoms with Crippen LogP contribution in [0.4, 0.5) is 23.2 Å². The van der Waals surface area contributed by atoms with Crippen LogP contribution < -0.4 is 4.74 Å². The molecule has 0 saturated carbocycles. The SMILES string of the molecule is O=[N+]([O-])c1cc(OC(F)(F)F)nc(I)c1CF. The standard InChI is InChI=1S/C7H3F4IN2O3/c8-2-3-4(14(15)16)1-5(13-6(3)12)17-7(9,10)11/h1H,2H2. The lowest BCUT2D eigenvalue weighted by atomic mass is 10.2. The quantitative estimate of drug-likeness (QED) is 0.271. The summed E-state index contributed by atoms with van der Waals surface area (Å²) in [4.78, 5) is 12.8. The van der Waals surface area contributed by atoms with Crippen molar-refractivity contribution >= 4 is 28.3 Å². The Morgan fingerprint density at radius 1 is 1.53 bits per heavy atom. The highest BCUT2D eigenvalue weighted by Gasteiger charge is 2.33. The van der Waals surface area contributed by atoms with Gasteiger partial charge < -0.3 is 4.74 Å². The molecule has 0 saturated heterocycles. The lowest BCUT2D eigenvalue weighted by molar-refractivity contribution is -0.386. The van der Waals surface area contributed by atoms with Crippen molar-refractivity contribution < 1.29 is 27.2 Å². The van der Waals surface area contributed by atoms with Gasteiger partial charge in [-0.2, -0.15) is 0 Å². The molecule has 0 atom stereocenters. The summed E-state index contributed by atoms with van der Waals surface area (Å²) in [5.74, 6) is -0.995. The van der Waals surface area contributed by atoms with Crippen LogP contribution in [0.15, 0.2) is 6.07 Å². The first-order valence-corrected chi connectivity index (χ1v) is 4.98. The van der Waals surface area contributed by atoms with Gasteiger partial charge in [-0.15, -0.1) is 13.2 Å². The molecule has 1 aromatic rings. The Hall–Kier alpha value is -1.20. The molecule has 0 N–H and O–H groups in total. The Kier molecular flexibility index (Phi) is 4.06. The summed E-state index contributed by atoms with van der Waals surface area (Å²) in [6.07, 6.45) is -5.01. The van der Waals surface area contributed by atoms with E-state index in [1.54, 1.807) is 0 Å². The summed E-state index contributed by atoms with van der Waals surface area (Å²) in [6.45, 7) is -1.20. The first kappa shape index (κ1) is 13.9. The van der Waals surface area contributed by atoms with Crippen molar-refractivity contribution in [2.75, 3.05) is 0 Å². The molecule has 0 spiro atoms. The molecular weight excluding hydrogens is 363 g/mol. The highest BCUT2D eigenvalue weighted by molar-refractivity contribution is 14.1. The van der Waals surface area contributed by atoms with E-state index in [2.05, 4.69) is 9.72 Å². The van der Waals surface area contributed by atoms with Gasteiger partial charge in [0.05, 0.1) is 16.6 Å². The number of ether oxygens (including phenoxy) is 1. The lowest BCUT2D eigenvalue weighted by Gasteiger charge is -2.09. The monoisotopic (exact) mass is 366 g/mol. The van der Waals surface area contributed by atoms with Crippen LogP contribution in [0.1, 0.15) is 5.56 Å². The zero-order chi connectivity index (χ0) is 13.2. The number of alkyl halides is 4. The van der Waals surface area contributed by atoms with Crippen molar-refractivity contribution in [1.29, 1.82) is 0 Å². The van der Waals surface area contributed by atoms with E-state index < -0.39 is 29.5 Å². The highest BCUT2D eigenvalue weighted by Crippen LogP contribution is 2.30. The van der Waals surface area contributed by atoms with E-state index in [1.807, 2.05) is 0 Å². The molecule has 17 heavy (non-hydrogen) atoms. The third kappa shape index (κ3) is 3.64. The summed E-state index contributed by atoms with van der Waals surface area (Å²) in [6, 6.07) is 0.435. The molecule has 0 aliphatic carbocycles. The second-order valence-corrected chi connectivity index (χ2v) is 3.71. The molecule has 1 rings (SSSR count). The molecule has 0 radical (unpaired) electrons. The Morgan fingerprint density at radius 3 is 2.53 bits per heavy atom. The third-order valence-electron chi connectivity index (χ3n) is 1.58. The molecule has 0 bridgehead atoms. The Bertz CT molecular complexity index is 451. The van der Waals surface area contributed by atoms with Gasteiger partial charge in [0.2, 0.25) is 5.88 Å². The average molecular weight is 366 g/mol. The van der Waals surface area contributed by atoms with Crippen LogP contribution in [0.25, 0.3) is 0 Å². The summed E-state index contributed by atoms with van der Waals surface area (Å²) < 4.78 is 51.3. The molecule has 0 aromatic carbocycles. The van der Waals surface area contributed by atoms with Crippen molar-refractivity contribution in [2.45, 2.75) is 13.0 Å². The van der Waals surface area contributed by atoms with Gasteiger partial charge >= 0.3 is 6.36 Å². The van der Waals surface area contributed by atoms with Crippen molar-refractivity contribution in [1.82, 2.24) is 4.98 Å². The molecule has 10 heteroatoms. The molecule has 0 unspecified atom stereocenters. The number of halogens is 5. The maximum Gasteiger partial charge on any atom is 0.574 e. The largest absolute Gasteiger partial charge is 0.574 e. The zero-order valence-corrected chi connectivity index (χ0v) is 9.95. The Balaban J connectivity index is 3.25. The van der Waals surface area contributed by atoms with Crippen molar-refractivity contribution in [3.05, 3.63) is 25.4 Å². The molecule has 1 heterocycles. The second-order valence-electron chi connectivity index (χ2n) is 2.69. The molecule has 0 fully saturated rings. The first-order valence-electron chi connectivity index (χ1n) is 3.90. The van der Waals surface area contributed by atoms with E-state index in [0.717, 1.165) is 0 Å². The van der Waals surface area contributed by atoms with Gasteiger partial charge in [-0.3, -0.25) is 10.1 Å². The third-order valence-corrected chi connectivity index (χ3v) is 2.47. The van der Waals surface area contributed by atoms with Gasteiger partial charge in [-0.25, -0.2) is 9.37 Å². The number of rotatable bonds is 3. The minimum absolute atomic E-state index is 0.251. The Labute approximate surface area is 105 Å². The number of nitrogens with zero attached hydrogens (tertiary/aromatic N) is 2. The van der Waals surface area contributed by atoms with Crippen LogP contribution in [-0.4, -0.2) is 16.3 Å². The van der Waals surface area contributed by atoms with Crippen LogP contribution in [0.5, 0.6) is 5.88 Å². The first-order chi connectivity index (χ1) is 7.74. The molecule has 0 amide bonds. The lowest BCUT2D eigenvalue weighted by Crippen LogP contribution is -2.18. The van der Waals surface area contributed by atoms with Gasteiger partial charge in [0.25, 0.3) is 5.69 Å². The van der Waals surface area contributed by atoms with E-state index in [1.165, 1.54) is 22.6 Å². The van der Waals surface area contributed by atoms with E-state index in [9.17, 15) is 27.7 Å². The smallest absolute Gasteiger partial charge is 0.388 e.